The van der Waals surface area contributed by atoms with E-state index in [4.69, 9.17) is 4.74 Å². The third-order valence-electron chi connectivity index (χ3n) is 3.38. The molecule has 1 N–H and O–H groups in total. The Bertz CT molecular complexity index is 350. The molecule has 1 aromatic rings. The number of rotatable bonds is 7. The fourth-order valence-corrected chi connectivity index (χ4v) is 2.77. The van der Waals surface area contributed by atoms with Gasteiger partial charge in [0.15, 0.2) is 0 Å². The summed E-state index contributed by atoms with van der Waals surface area (Å²) in [5.41, 5.74) is 5.62. The van der Waals surface area contributed by atoms with E-state index in [-0.39, 0.29) is 0 Å². The van der Waals surface area contributed by atoms with Gasteiger partial charge in [-0.15, -0.1) is 0 Å². The topological polar surface area (TPSA) is 21.3 Å². The molecule has 0 fully saturated rings. The van der Waals surface area contributed by atoms with Gasteiger partial charge in [0.2, 0.25) is 0 Å². The predicted octanol–water partition coefficient (Wildman–Crippen LogP) is 3.69. The predicted molar refractivity (Wildman–Crippen MR) is 78.2 cm³/mol. The summed E-state index contributed by atoms with van der Waals surface area (Å²) in [4.78, 5) is 0. The fraction of sp³-hybridized carbons (Fsp3) is 0.625. The van der Waals surface area contributed by atoms with Crippen molar-refractivity contribution in [3.05, 3.63) is 34.4 Å². The van der Waals surface area contributed by atoms with Crippen molar-refractivity contribution in [2.75, 3.05) is 20.3 Å². The first-order valence-corrected chi connectivity index (χ1v) is 6.90. The second-order valence-corrected chi connectivity index (χ2v) is 5.06. The number of hydrogen-bond acceptors (Lipinski definition) is 2. The van der Waals surface area contributed by atoms with Crippen molar-refractivity contribution < 1.29 is 4.74 Å². The summed E-state index contributed by atoms with van der Waals surface area (Å²) in [5, 5.41) is 3.60. The Hall–Kier alpha value is -0.860. The van der Waals surface area contributed by atoms with Crippen LogP contribution in [0.4, 0.5) is 0 Å². The summed E-state index contributed by atoms with van der Waals surface area (Å²) in [5.74, 6) is 0. The van der Waals surface area contributed by atoms with Gasteiger partial charge < -0.3 is 10.1 Å². The smallest absolute Gasteiger partial charge is 0.0462 e. The molecule has 2 heteroatoms. The fourth-order valence-electron chi connectivity index (χ4n) is 2.77. The molecule has 1 aromatic carbocycles. The Kier molecular flexibility index (Phi) is 6.37. The number of ether oxygens (including phenoxy) is 1. The molecule has 1 rings (SSSR count). The highest BCUT2D eigenvalue weighted by Crippen LogP contribution is 2.26. The molecule has 0 aliphatic carbocycles. The zero-order chi connectivity index (χ0) is 13.5. The highest BCUT2D eigenvalue weighted by molar-refractivity contribution is 5.39. The summed E-state index contributed by atoms with van der Waals surface area (Å²) in [7, 11) is 1.77. The lowest BCUT2D eigenvalue weighted by molar-refractivity contribution is 0.189. The standard InChI is InChI=1S/C16H27NO/c1-6-17-15(8-7-9-18-5)16-13(3)10-12(2)11-14(16)4/h10-11,15,17H,6-9H2,1-5H3. The van der Waals surface area contributed by atoms with Gasteiger partial charge in [-0.05, 0) is 56.8 Å². The van der Waals surface area contributed by atoms with Crippen molar-refractivity contribution in [1.29, 1.82) is 0 Å². The van der Waals surface area contributed by atoms with Crippen LogP contribution in [0.25, 0.3) is 0 Å². The molecular weight excluding hydrogens is 222 g/mol. The van der Waals surface area contributed by atoms with Crippen LogP contribution in [0.1, 0.15) is 48.1 Å². The maximum Gasteiger partial charge on any atom is 0.0462 e. The molecule has 0 aliphatic rings. The average molecular weight is 249 g/mol. The maximum absolute atomic E-state index is 5.16. The number of methoxy groups -OCH3 is 1. The van der Waals surface area contributed by atoms with Crippen LogP contribution in [0, 0.1) is 20.8 Å². The van der Waals surface area contributed by atoms with E-state index in [2.05, 4.69) is 45.1 Å². The molecule has 0 bridgehead atoms. The highest BCUT2D eigenvalue weighted by atomic mass is 16.5. The van der Waals surface area contributed by atoms with Crippen LogP contribution in [0.2, 0.25) is 0 Å². The van der Waals surface area contributed by atoms with Gasteiger partial charge in [-0.2, -0.15) is 0 Å². The second kappa shape index (κ2) is 7.55. The first-order chi connectivity index (χ1) is 8.60. The van der Waals surface area contributed by atoms with Crippen LogP contribution in [0.5, 0.6) is 0 Å². The molecule has 1 unspecified atom stereocenters. The Morgan fingerprint density at radius 2 is 1.78 bits per heavy atom. The summed E-state index contributed by atoms with van der Waals surface area (Å²) in [6.45, 7) is 10.6. The van der Waals surface area contributed by atoms with Gasteiger partial charge in [0.1, 0.15) is 0 Å². The first kappa shape index (κ1) is 15.2. The van der Waals surface area contributed by atoms with E-state index in [1.807, 2.05) is 0 Å². The molecule has 2 nitrogen and oxygen atoms in total. The zero-order valence-electron chi connectivity index (χ0n) is 12.5. The van der Waals surface area contributed by atoms with Gasteiger partial charge in [-0.25, -0.2) is 0 Å². The van der Waals surface area contributed by atoms with Crippen molar-refractivity contribution in [3.63, 3.8) is 0 Å². The number of aryl methyl sites for hydroxylation is 3. The molecule has 0 saturated heterocycles. The molecule has 0 amide bonds. The van der Waals surface area contributed by atoms with Crippen molar-refractivity contribution in [2.24, 2.45) is 0 Å². The van der Waals surface area contributed by atoms with Crippen molar-refractivity contribution >= 4 is 0 Å². The van der Waals surface area contributed by atoms with Crippen molar-refractivity contribution in [1.82, 2.24) is 5.32 Å². The lowest BCUT2D eigenvalue weighted by atomic mass is 9.91. The quantitative estimate of drug-likeness (QED) is 0.744. The molecule has 0 aromatic heterocycles. The van der Waals surface area contributed by atoms with E-state index in [0.29, 0.717) is 6.04 Å². The Morgan fingerprint density at radius 3 is 2.28 bits per heavy atom. The third kappa shape index (κ3) is 4.11. The van der Waals surface area contributed by atoms with E-state index in [0.717, 1.165) is 26.0 Å². The van der Waals surface area contributed by atoms with Crippen LogP contribution in [0.3, 0.4) is 0 Å². The molecule has 0 heterocycles. The normalized spacial score (nSPS) is 12.7. The van der Waals surface area contributed by atoms with Crippen LogP contribution < -0.4 is 5.32 Å². The third-order valence-corrected chi connectivity index (χ3v) is 3.38. The van der Waals surface area contributed by atoms with Gasteiger partial charge in [0.25, 0.3) is 0 Å². The molecule has 18 heavy (non-hydrogen) atoms. The first-order valence-electron chi connectivity index (χ1n) is 6.90. The summed E-state index contributed by atoms with van der Waals surface area (Å²) < 4.78 is 5.16. The lowest BCUT2D eigenvalue weighted by Crippen LogP contribution is -2.23. The molecular formula is C16H27NO. The minimum Gasteiger partial charge on any atom is -0.385 e. The van der Waals surface area contributed by atoms with Gasteiger partial charge >= 0.3 is 0 Å². The highest BCUT2D eigenvalue weighted by Gasteiger charge is 2.15. The van der Waals surface area contributed by atoms with Crippen molar-refractivity contribution in [2.45, 2.75) is 46.6 Å². The van der Waals surface area contributed by atoms with Crippen LogP contribution in [-0.2, 0) is 4.74 Å². The number of hydrogen-bond donors (Lipinski definition) is 1. The maximum atomic E-state index is 5.16. The SMILES string of the molecule is CCNC(CCCOC)c1c(C)cc(C)cc1C. The monoisotopic (exact) mass is 249 g/mol. The second-order valence-electron chi connectivity index (χ2n) is 5.06. The van der Waals surface area contributed by atoms with E-state index in [1.165, 1.54) is 22.3 Å². The van der Waals surface area contributed by atoms with E-state index in [9.17, 15) is 0 Å². The summed E-state index contributed by atoms with van der Waals surface area (Å²) in [6.07, 6.45) is 2.23. The molecule has 0 radical (unpaired) electrons. The van der Waals surface area contributed by atoms with E-state index >= 15 is 0 Å². The Morgan fingerprint density at radius 1 is 1.17 bits per heavy atom. The Balaban J connectivity index is 2.90. The molecule has 102 valence electrons. The van der Waals surface area contributed by atoms with Crippen molar-refractivity contribution in [3.8, 4) is 0 Å². The van der Waals surface area contributed by atoms with Crippen LogP contribution in [-0.4, -0.2) is 20.3 Å². The average Bonchev–Trinajstić information content (AvgIpc) is 2.28. The van der Waals surface area contributed by atoms with Gasteiger partial charge in [0.05, 0.1) is 0 Å². The van der Waals surface area contributed by atoms with E-state index < -0.39 is 0 Å². The number of nitrogens with one attached hydrogen (secondary N) is 1. The van der Waals surface area contributed by atoms with Gasteiger partial charge in [-0.1, -0.05) is 24.6 Å². The Labute approximate surface area is 112 Å². The van der Waals surface area contributed by atoms with Gasteiger partial charge in [0, 0.05) is 19.8 Å². The summed E-state index contributed by atoms with van der Waals surface area (Å²) >= 11 is 0. The van der Waals surface area contributed by atoms with E-state index in [1.54, 1.807) is 7.11 Å². The van der Waals surface area contributed by atoms with Gasteiger partial charge in [-0.3, -0.25) is 0 Å². The summed E-state index contributed by atoms with van der Waals surface area (Å²) in [6, 6.07) is 5.01. The van der Waals surface area contributed by atoms with Crippen LogP contribution >= 0.6 is 0 Å². The molecule has 1 atom stereocenters. The minimum absolute atomic E-state index is 0.450. The number of benzene rings is 1. The molecule has 0 spiro atoms. The molecule has 0 aliphatic heterocycles. The zero-order valence-corrected chi connectivity index (χ0v) is 12.5. The largest absolute Gasteiger partial charge is 0.385 e. The molecule has 0 saturated carbocycles. The van der Waals surface area contributed by atoms with Crippen LogP contribution in [0.15, 0.2) is 12.1 Å². The minimum atomic E-state index is 0.450. The lowest BCUT2D eigenvalue weighted by Gasteiger charge is -2.23.